The summed E-state index contributed by atoms with van der Waals surface area (Å²) >= 11 is 0. The first-order valence-electron chi connectivity index (χ1n) is 9.82. The number of amides is 1. The highest BCUT2D eigenvalue weighted by molar-refractivity contribution is 5.95. The maximum atomic E-state index is 12.4. The summed E-state index contributed by atoms with van der Waals surface area (Å²) in [6.45, 7) is 3.31. The van der Waals surface area contributed by atoms with Crippen molar-refractivity contribution in [3.63, 3.8) is 0 Å². The van der Waals surface area contributed by atoms with E-state index in [2.05, 4.69) is 27.1 Å². The molecular formula is C22H26N4O. The van der Waals surface area contributed by atoms with Crippen molar-refractivity contribution in [2.45, 2.75) is 45.1 Å². The van der Waals surface area contributed by atoms with Gasteiger partial charge in [0.1, 0.15) is 5.82 Å². The number of hydrogen-bond acceptors (Lipinski definition) is 3. The zero-order valence-electron chi connectivity index (χ0n) is 15.7. The molecule has 140 valence electrons. The van der Waals surface area contributed by atoms with Crippen LogP contribution in [0.25, 0.3) is 10.9 Å². The van der Waals surface area contributed by atoms with Crippen LogP contribution in [0.5, 0.6) is 0 Å². The summed E-state index contributed by atoms with van der Waals surface area (Å²) in [6, 6.07) is 12.6. The van der Waals surface area contributed by atoms with Crippen molar-refractivity contribution in [1.29, 1.82) is 0 Å². The molecule has 3 heterocycles. The van der Waals surface area contributed by atoms with E-state index in [-0.39, 0.29) is 5.91 Å². The molecule has 1 aliphatic heterocycles. The largest absolute Gasteiger partial charge is 0.361 e. The van der Waals surface area contributed by atoms with Gasteiger partial charge in [-0.05, 0) is 49.4 Å². The molecule has 1 amide bonds. The van der Waals surface area contributed by atoms with Crippen LogP contribution in [-0.4, -0.2) is 28.5 Å². The van der Waals surface area contributed by atoms with E-state index in [0.29, 0.717) is 12.5 Å². The topological polar surface area (TPSA) is 61.0 Å². The van der Waals surface area contributed by atoms with Gasteiger partial charge >= 0.3 is 0 Å². The van der Waals surface area contributed by atoms with Crippen LogP contribution in [0.1, 0.15) is 38.2 Å². The number of fused-ring (bicyclic) bond motifs is 1. The average molecular weight is 362 g/mol. The average Bonchev–Trinajstić information content (AvgIpc) is 3.11. The van der Waals surface area contributed by atoms with Crippen LogP contribution in [0, 0.1) is 0 Å². The lowest BCUT2D eigenvalue weighted by molar-refractivity contribution is -0.115. The van der Waals surface area contributed by atoms with Gasteiger partial charge < -0.3 is 15.2 Å². The Labute approximate surface area is 159 Å². The lowest BCUT2D eigenvalue weighted by atomic mass is 10.00. The van der Waals surface area contributed by atoms with E-state index < -0.39 is 0 Å². The van der Waals surface area contributed by atoms with Crippen molar-refractivity contribution in [2.75, 3.05) is 16.8 Å². The zero-order chi connectivity index (χ0) is 18.6. The number of aromatic amines is 1. The Kier molecular flexibility index (Phi) is 5.10. The molecule has 0 spiro atoms. The molecule has 1 aliphatic rings. The molecule has 0 bridgehead atoms. The van der Waals surface area contributed by atoms with Crippen LogP contribution >= 0.6 is 0 Å². The highest BCUT2D eigenvalue weighted by Gasteiger charge is 2.21. The van der Waals surface area contributed by atoms with Gasteiger partial charge in [0.2, 0.25) is 5.91 Å². The predicted octanol–water partition coefficient (Wildman–Crippen LogP) is 4.51. The SMILES string of the molecule is CCC1CCCCN1c1ccc(NC(=O)Cc2c[nH]c3ccccc23)cn1. The van der Waals surface area contributed by atoms with Gasteiger partial charge in [0.05, 0.1) is 18.3 Å². The molecule has 5 nitrogen and oxygen atoms in total. The number of hydrogen-bond donors (Lipinski definition) is 2. The van der Waals surface area contributed by atoms with E-state index in [1.54, 1.807) is 6.20 Å². The Hall–Kier alpha value is -2.82. The van der Waals surface area contributed by atoms with E-state index in [0.717, 1.165) is 40.9 Å². The van der Waals surface area contributed by atoms with Crippen LogP contribution in [0.15, 0.2) is 48.8 Å². The third kappa shape index (κ3) is 3.82. The summed E-state index contributed by atoms with van der Waals surface area (Å²) in [5.74, 6) is 0.981. The number of nitrogens with one attached hydrogen (secondary N) is 2. The molecule has 1 atom stereocenters. The number of rotatable bonds is 5. The molecule has 1 fully saturated rings. The molecule has 0 radical (unpaired) electrons. The molecule has 1 aromatic carbocycles. The molecule has 2 aromatic heterocycles. The normalized spacial score (nSPS) is 17.2. The maximum absolute atomic E-state index is 12.4. The molecule has 0 aliphatic carbocycles. The van der Waals surface area contributed by atoms with Crippen LogP contribution in [0.3, 0.4) is 0 Å². The lowest BCUT2D eigenvalue weighted by Gasteiger charge is -2.36. The van der Waals surface area contributed by atoms with Gasteiger partial charge in [0, 0.05) is 29.7 Å². The summed E-state index contributed by atoms with van der Waals surface area (Å²) in [7, 11) is 0. The van der Waals surface area contributed by atoms with Gasteiger partial charge in [-0.3, -0.25) is 4.79 Å². The quantitative estimate of drug-likeness (QED) is 0.702. The number of pyridine rings is 1. The van der Waals surface area contributed by atoms with E-state index in [1.165, 1.54) is 19.3 Å². The predicted molar refractivity (Wildman–Crippen MR) is 110 cm³/mol. The maximum Gasteiger partial charge on any atom is 0.228 e. The number of nitrogens with zero attached hydrogens (tertiary/aromatic N) is 2. The van der Waals surface area contributed by atoms with E-state index in [4.69, 9.17) is 0 Å². The fourth-order valence-electron chi connectivity index (χ4n) is 4.01. The van der Waals surface area contributed by atoms with E-state index in [1.807, 2.05) is 42.6 Å². The van der Waals surface area contributed by atoms with Crippen molar-refractivity contribution in [3.8, 4) is 0 Å². The molecule has 4 rings (SSSR count). The molecule has 27 heavy (non-hydrogen) atoms. The van der Waals surface area contributed by atoms with Gasteiger partial charge in [0.25, 0.3) is 0 Å². The van der Waals surface area contributed by atoms with Gasteiger partial charge in [0.15, 0.2) is 0 Å². The van der Waals surface area contributed by atoms with Crippen LogP contribution in [0.4, 0.5) is 11.5 Å². The number of piperidine rings is 1. The number of para-hydroxylation sites is 1. The molecule has 1 unspecified atom stereocenters. The van der Waals surface area contributed by atoms with Crippen molar-refractivity contribution >= 4 is 28.3 Å². The highest BCUT2D eigenvalue weighted by Crippen LogP contribution is 2.25. The summed E-state index contributed by atoms with van der Waals surface area (Å²) in [4.78, 5) is 22.7. The number of H-pyrrole nitrogens is 1. The second kappa shape index (κ2) is 7.82. The Morgan fingerprint density at radius 2 is 2.15 bits per heavy atom. The first kappa shape index (κ1) is 17.6. The monoisotopic (exact) mass is 362 g/mol. The number of benzene rings is 1. The van der Waals surface area contributed by atoms with E-state index in [9.17, 15) is 4.79 Å². The van der Waals surface area contributed by atoms with Crippen LogP contribution in [-0.2, 0) is 11.2 Å². The molecule has 1 saturated heterocycles. The van der Waals surface area contributed by atoms with Gasteiger partial charge in [-0.15, -0.1) is 0 Å². The molecule has 5 heteroatoms. The fraction of sp³-hybridized carbons (Fsp3) is 0.364. The van der Waals surface area contributed by atoms with E-state index >= 15 is 0 Å². The molecule has 0 saturated carbocycles. The number of anilines is 2. The van der Waals surface area contributed by atoms with Crippen molar-refractivity contribution in [3.05, 3.63) is 54.4 Å². The third-order valence-electron chi connectivity index (χ3n) is 5.45. The molecule has 3 aromatic rings. The van der Waals surface area contributed by atoms with Crippen molar-refractivity contribution in [2.24, 2.45) is 0 Å². The van der Waals surface area contributed by atoms with Crippen molar-refractivity contribution < 1.29 is 4.79 Å². The summed E-state index contributed by atoms with van der Waals surface area (Å²) in [6.07, 6.45) is 8.93. The third-order valence-corrected chi connectivity index (χ3v) is 5.45. The second-order valence-electron chi connectivity index (χ2n) is 7.24. The zero-order valence-corrected chi connectivity index (χ0v) is 15.7. The highest BCUT2D eigenvalue weighted by atomic mass is 16.1. The molecule has 2 N–H and O–H groups in total. The fourth-order valence-corrected chi connectivity index (χ4v) is 4.01. The summed E-state index contributed by atoms with van der Waals surface area (Å²) < 4.78 is 0. The first-order chi connectivity index (χ1) is 13.2. The minimum Gasteiger partial charge on any atom is -0.361 e. The standard InChI is InChI=1S/C22H26N4O/c1-2-18-7-5-6-12-26(18)21-11-10-17(15-24-21)25-22(27)13-16-14-23-20-9-4-3-8-19(16)20/h3-4,8-11,14-15,18,23H,2,5-7,12-13H2,1H3,(H,25,27). The van der Waals surface area contributed by atoms with Crippen molar-refractivity contribution in [1.82, 2.24) is 9.97 Å². The van der Waals surface area contributed by atoms with Crippen LogP contribution < -0.4 is 10.2 Å². The number of carbonyl (C=O) groups is 1. The minimum atomic E-state index is -0.0290. The smallest absolute Gasteiger partial charge is 0.228 e. The minimum absolute atomic E-state index is 0.0290. The molecular weight excluding hydrogens is 336 g/mol. The number of carbonyl (C=O) groups excluding carboxylic acids is 1. The second-order valence-corrected chi connectivity index (χ2v) is 7.24. The Morgan fingerprint density at radius 3 is 2.96 bits per heavy atom. The summed E-state index contributed by atoms with van der Waals surface area (Å²) in [5.41, 5.74) is 2.80. The summed E-state index contributed by atoms with van der Waals surface area (Å²) in [5, 5.41) is 4.06. The Bertz CT molecular complexity index is 915. The van der Waals surface area contributed by atoms with Crippen LogP contribution in [0.2, 0.25) is 0 Å². The lowest BCUT2D eigenvalue weighted by Crippen LogP contribution is -2.39. The Morgan fingerprint density at radius 1 is 1.26 bits per heavy atom. The first-order valence-corrected chi connectivity index (χ1v) is 9.82. The van der Waals surface area contributed by atoms with Gasteiger partial charge in [-0.25, -0.2) is 4.98 Å². The number of aromatic nitrogens is 2. The Balaban J connectivity index is 1.41. The van der Waals surface area contributed by atoms with Gasteiger partial charge in [-0.2, -0.15) is 0 Å². The van der Waals surface area contributed by atoms with Gasteiger partial charge in [-0.1, -0.05) is 25.1 Å².